The SMILES string of the molecule is Cc1noc(-c2ccc(-c3ccc(C4CC4)cc3)cc2)c1NC1CCCCC1Cc1ccccc1. The molecule has 0 saturated heterocycles. The zero-order valence-corrected chi connectivity index (χ0v) is 20.5. The van der Waals surface area contributed by atoms with Gasteiger partial charge in [0.05, 0.1) is 0 Å². The highest BCUT2D eigenvalue weighted by Crippen LogP contribution is 2.41. The zero-order valence-electron chi connectivity index (χ0n) is 20.5. The largest absolute Gasteiger partial charge is 0.377 e. The summed E-state index contributed by atoms with van der Waals surface area (Å²) in [5, 5.41) is 8.22. The molecule has 3 aromatic carbocycles. The Morgan fingerprint density at radius 3 is 2.14 bits per heavy atom. The van der Waals surface area contributed by atoms with Gasteiger partial charge in [0.2, 0.25) is 0 Å². The molecule has 1 N–H and O–H groups in total. The van der Waals surface area contributed by atoms with E-state index in [9.17, 15) is 0 Å². The van der Waals surface area contributed by atoms with Crippen LogP contribution in [0.15, 0.2) is 83.4 Å². The lowest BCUT2D eigenvalue weighted by molar-refractivity contribution is 0.323. The first-order valence-electron chi connectivity index (χ1n) is 13.2. The maximum atomic E-state index is 5.86. The quantitative estimate of drug-likeness (QED) is 0.299. The van der Waals surface area contributed by atoms with Gasteiger partial charge in [-0.3, -0.25) is 0 Å². The molecule has 0 spiro atoms. The molecule has 2 aliphatic rings. The number of nitrogens with zero attached hydrogens (tertiary/aromatic N) is 1. The number of anilines is 1. The van der Waals surface area contributed by atoms with Gasteiger partial charge in [-0.2, -0.15) is 0 Å². The van der Waals surface area contributed by atoms with Crippen LogP contribution in [0.3, 0.4) is 0 Å². The van der Waals surface area contributed by atoms with Crippen molar-refractivity contribution in [2.24, 2.45) is 5.92 Å². The molecule has 3 heteroatoms. The van der Waals surface area contributed by atoms with Crippen molar-refractivity contribution < 1.29 is 4.52 Å². The van der Waals surface area contributed by atoms with E-state index >= 15 is 0 Å². The number of hydrogen-bond donors (Lipinski definition) is 1. The highest BCUT2D eigenvalue weighted by atomic mass is 16.5. The predicted octanol–water partition coefficient (Wildman–Crippen LogP) is 8.41. The molecule has 2 saturated carbocycles. The second kappa shape index (κ2) is 9.73. The third-order valence-corrected chi connectivity index (χ3v) is 7.88. The lowest BCUT2D eigenvalue weighted by Crippen LogP contribution is -2.33. The van der Waals surface area contributed by atoms with Crippen LogP contribution in [0.5, 0.6) is 0 Å². The minimum Gasteiger partial charge on any atom is -0.377 e. The minimum atomic E-state index is 0.435. The molecule has 35 heavy (non-hydrogen) atoms. The van der Waals surface area contributed by atoms with Crippen LogP contribution in [0.25, 0.3) is 22.5 Å². The molecule has 3 nitrogen and oxygen atoms in total. The first kappa shape index (κ1) is 22.2. The summed E-state index contributed by atoms with van der Waals surface area (Å²) in [6.07, 6.45) is 8.85. The van der Waals surface area contributed by atoms with Crippen LogP contribution in [-0.2, 0) is 6.42 Å². The average Bonchev–Trinajstić information content (AvgIpc) is 3.70. The molecular weight excluding hydrogens is 428 g/mol. The van der Waals surface area contributed by atoms with Crippen LogP contribution in [0.2, 0.25) is 0 Å². The fraction of sp³-hybridized carbons (Fsp3) is 0.344. The topological polar surface area (TPSA) is 38.1 Å². The number of benzene rings is 3. The van der Waals surface area contributed by atoms with E-state index in [1.165, 1.54) is 60.8 Å². The van der Waals surface area contributed by atoms with E-state index in [2.05, 4.69) is 89.3 Å². The summed E-state index contributed by atoms with van der Waals surface area (Å²) in [5.41, 5.74) is 8.46. The lowest BCUT2D eigenvalue weighted by Gasteiger charge is -2.33. The van der Waals surface area contributed by atoms with Gasteiger partial charge in [-0.1, -0.05) is 96.9 Å². The van der Waals surface area contributed by atoms with E-state index < -0.39 is 0 Å². The lowest BCUT2D eigenvalue weighted by atomic mass is 9.80. The zero-order chi connectivity index (χ0) is 23.6. The Morgan fingerprint density at radius 2 is 1.43 bits per heavy atom. The fourth-order valence-electron chi connectivity index (χ4n) is 5.66. The number of aryl methyl sites for hydroxylation is 1. The fourth-order valence-corrected chi connectivity index (χ4v) is 5.66. The summed E-state index contributed by atoms with van der Waals surface area (Å²) in [7, 11) is 0. The Labute approximate surface area is 208 Å². The van der Waals surface area contributed by atoms with E-state index in [1.807, 2.05) is 6.92 Å². The molecule has 0 bridgehead atoms. The Morgan fingerprint density at radius 1 is 0.771 bits per heavy atom. The van der Waals surface area contributed by atoms with E-state index in [1.54, 1.807) is 0 Å². The van der Waals surface area contributed by atoms with Gasteiger partial charge in [0, 0.05) is 11.6 Å². The van der Waals surface area contributed by atoms with Crippen LogP contribution in [-0.4, -0.2) is 11.2 Å². The van der Waals surface area contributed by atoms with Crippen molar-refractivity contribution in [3.63, 3.8) is 0 Å². The third kappa shape index (κ3) is 4.91. The van der Waals surface area contributed by atoms with Crippen molar-refractivity contribution in [2.45, 2.75) is 63.8 Å². The van der Waals surface area contributed by atoms with Crippen molar-refractivity contribution in [1.82, 2.24) is 5.16 Å². The Hall–Kier alpha value is -3.33. The second-order valence-electron chi connectivity index (χ2n) is 10.4. The molecule has 2 atom stereocenters. The summed E-state index contributed by atoms with van der Waals surface area (Å²) in [5.74, 6) is 2.26. The van der Waals surface area contributed by atoms with Crippen LogP contribution >= 0.6 is 0 Å². The first-order valence-corrected chi connectivity index (χ1v) is 13.2. The first-order chi connectivity index (χ1) is 17.2. The van der Waals surface area contributed by atoms with E-state index in [0.29, 0.717) is 12.0 Å². The van der Waals surface area contributed by atoms with Gasteiger partial charge in [-0.05, 0) is 73.1 Å². The van der Waals surface area contributed by atoms with E-state index in [0.717, 1.165) is 35.0 Å². The number of hydrogen-bond acceptors (Lipinski definition) is 3. The molecule has 0 amide bonds. The summed E-state index contributed by atoms with van der Waals surface area (Å²) in [6.45, 7) is 2.04. The highest BCUT2D eigenvalue weighted by molar-refractivity contribution is 5.76. The number of nitrogens with one attached hydrogen (secondary N) is 1. The monoisotopic (exact) mass is 462 g/mol. The van der Waals surface area contributed by atoms with Crippen LogP contribution in [0.1, 0.15) is 61.3 Å². The number of rotatable bonds is 7. The Bertz CT molecular complexity index is 1250. The van der Waals surface area contributed by atoms with Gasteiger partial charge in [0.15, 0.2) is 5.76 Å². The molecule has 2 fully saturated rings. The van der Waals surface area contributed by atoms with Crippen LogP contribution < -0.4 is 5.32 Å². The molecular formula is C32H34N2O. The smallest absolute Gasteiger partial charge is 0.190 e. The van der Waals surface area contributed by atoms with Gasteiger partial charge < -0.3 is 9.84 Å². The molecule has 1 heterocycles. The molecule has 178 valence electrons. The van der Waals surface area contributed by atoms with Crippen LogP contribution in [0.4, 0.5) is 5.69 Å². The summed E-state index contributed by atoms with van der Waals surface area (Å²) in [6, 6.07) is 29.1. The third-order valence-electron chi connectivity index (χ3n) is 7.88. The van der Waals surface area contributed by atoms with Gasteiger partial charge in [0.25, 0.3) is 0 Å². The van der Waals surface area contributed by atoms with Crippen molar-refractivity contribution in [3.8, 4) is 22.5 Å². The second-order valence-corrected chi connectivity index (χ2v) is 10.4. The van der Waals surface area contributed by atoms with Gasteiger partial charge in [0.1, 0.15) is 11.4 Å². The average molecular weight is 463 g/mol. The minimum absolute atomic E-state index is 0.435. The van der Waals surface area contributed by atoms with E-state index in [4.69, 9.17) is 4.52 Å². The summed E-state index contributed by atoms with van der Waals surface area (Å²) >= 11 is 0. The van der Waals surface area contributed by atoms with Crippen molar-refractivity contribution >= 4 is 5.69 Å². The Kier molecular flexibility index (Phi) is 6.16. The normalized spacial score (nSPS) is 20.0. The predicted molar refractivity (Wildman–Crippen MR) is 144 cm³/mol. The Balaban J connectivity index is 1.21. The van der Waals surface area contributed by atoms with Crippen molar-refractivity contribution in [1.29, 1.82) is 0 Å². The molecule has 2 aliphatic carbocycles. The van der Waals surface area contributed by atoms with Gasteiger partial charge in [-0.15, -0.1) is 0 Å². The molecule has 2 unspecified atom stereocenters. The summed E-state index contributed by atoms with van der Waals surface area (Å²) < 4.78 is 5.86. The summed E-state index contributed by atoms with van der Waals surface area (Å²) in [4.78, 5) is 0. The maximum Gasteiger partial charge on any atom is 0.190 e. The molecule has 0 radical (unpaired) electrons. The standard InChI is InChI=1S/C32H34N2O/c1-22-31(33-30-10-6-5-9-29(30)21-23-7-3-2-4-8-23)32(35-34-22)28-19-17-27(18-20-28)26-15-13-25(14-16-26)24-11-12-24/h2-4,7-8,13-20,24,29-30,33H,5-6,9-12,21H2,1H3. The maximum absolute atomic E-state index is 5.86. The molecule has 6 rings (SSSR count). The number of aromatic nitrogens is 1. The molecule has 4 aromatic rings. The van der Waals surface area contributed by atoms with Crippen LogP contribution in [0, 0.1) is 12.8 Å². The van der Waals surface area contributed by atoms with E-state index in [-0.39, 0.29) is 0 Å². The highest BCUT2D eigenvalue weighted by Gasteiger charge is 2.28. The van der Waals surface area contributed by atoms with Gasteiger partial charge in [-0.25, -0.2) is 0 Å². The molecule has 0 aliphatic heterocycles. The van der Waals surface area contributed by atoms with Gasteiger partial charge >= 0.3 is 0 Å². The van der Waals surface area contributed by atoms with Crippen molar-refractivity contribution in [3.05, 3.63) is 95.7 Å². The molecule has 1 aromatic heterocycles. The van der Waals surface area contributed by atoms with Crippen molar-refractivity contribution in [2.75, 3.05) is 5.32 Å².